The molecule has 0 saturated heterocycles. The van der Waals surface area contributed by atoms with Gasteiger partial charge in [0, 0.05) is 6.54 Å². The monoisotopic (exact) mass is 171 g/mol. The molecule has 0 spiro atoms. The average Bonchev–Trinajstić information content (AvgIpc) is 2.47. The predicted molar refractivity (Wildman–Crippen MR) is 41.4 cm³/mol. The van der Waals surface area contributed by atoms with Gasteiger partial charge >= 0.3 is 0 Å². The number of hydrogen-bond acceptors (Lipinski definition) is 5. The maximum absolute atomic E-state index is 11.1. The van der Waals surface area contributed by atoms with Gasteiger partial charge in [-0.25, -0.2) is 0 Å². The summed E-state index contributed by atoms with van der Waals surface area (Å²) in [7, 11) is 0. The van der Waals surface area contributed by atoms with Gasteiger partial charge in [-0.15, -0.1) is 4.91 Å². The summed E-state index contributed by atoms with van der Waals surface area (Å²) in [5.74, 6) is 0.378. The maximum Gasteiger partial charge on any atom is 0.268 e. The van der Waals surface area contributed by atoms with Crippen LogP contribution in [0.5, 0.6) is 0 Å². The molecular weight excluding hydrogens is 162 g/mol. The van der Waals surface area contributed by atoms with E-state index in [1.807, 2.05) is 0 Å². The van der Waals surface area contributed by atoms with E-state index in [9.17, 15) is 9.70 Å². The van der Waals surface area contributed by atoms with E-state index in [1.54, 1.807) is 6.92 Å². The number of aliphatic imine (C=N–C) groups is 1. The number of amidine groups is 1. The molecule has 0 fully saturated rings. The molecule has 0 atom stereocenters. The lowest BCUT2D eigenvalue weighted by Gasteiger charge is -2.13. The van der Waals surface area contributed by atoms with Gasteiger partial charge in [0.15, 0.2) is 11.9 Å². The Labute approximate surface area is 69.1 Å². The Bertz CT molecular complexity index is 226. The largest absolute Gasteiger partial charge is 0.354 e. The van der Waals surface area contributed by atoms with E-state index < -0.39 is 0 Å². The summed E-state index contributed by atoms with van der Waals surface area (Å²) in [4.78, 5) is 30.2. The van der Waals surface area contributed by atoms with Crippen LogP contribution in [0.4, 0.5) is 0 Å². The average molecular weight is 171 g/mol. The summed E-state index contributed by atoms with van der Waals surface area (Å²) in [6.07, 6.45) is 0. The van der Waals surface area contributed by atoms with Crippen LogP contribution in [0.3, 0.4) is 0 Å². The van der Waals surface area contributed by atoms with Crippen molar-refractivity contribution in [2.24, 2.45) is 10.3 Å². The highest BCUT2D eigenvalue weighted by molar-refractivity contribution is 5.98. The van der Waals surface area contributed by atoms with Crippen molar-refractivity contribution in [3.63, 3.8) is 0 Å². The predicted octanol–water partition coefficient (Wildman–Crippen LogP) is -0.0550. The summed E-state index contributed by atoms with van der Waals surface area (Å²) in [6.45, 7) is 2.61. The zero-order chi connectivity index (χ0) is 8.97. The highest BCUT2D eigenvalue weighted by Gasteiger charge is 2.20. The quantitative estimate of drug-likeness (QED) is 0.441. The highest BCUT2D eigenvalue weighted by Crippen LogP contribution is 2.01. The molecule has 0 aromatic carbocycles. The first kappa shape index (κ1) is 8.63. The molecular formula is C6H9N3O3. The van der Waals surface area contributed by atoms with Gasteiger partial charge in [-0.2, -0.15) is 0 Å². The first-order valence-electron chi connectivity index (χ1n) is 3.51. The van der Waals surface area contributed by atoms with Gasteiger partial charge < -0.3 is 4.84 Å². The molecule has 0 aromatic heterocycles. The van der Waals surface area contributed by atoms with Crippen LogP contribution in [0.25, 0.3) is 0 Å². The van der Waals surface area contributed by atoms with E-state index >= 15 is 0 Å². The molecule has 1 heterocycles. The lowest BCUT2D eigenvalue weighted by atomic mass is 10.5. The summed E-state index contributed by atoms with van der Waals surface area (Å²) in [6, 6.07) is 0. The smallest absolute Gasteiger partial charge is 0.268 e. The molecule has 0 saturated carbocycles. The molecule has 0 N–H and O–H groups in total. The number of nitrogens with zero attached hydrogens (tertiary/aromatic N) is 3. The van der Waals surface area contributed by atoms with Crippen LogP contribution >= 0.6 is 0 Å². The van der Waals surface area contributed by atoms with Gasteiger partial charge in [0.05, 0.1) is 6.54 Å². The van der Waals surface area contributed by atoms with E-state index in [4.69, 9.17) is 0 Å². The Kier molecular flexibility index (Phi) is 2.73. The normalized spacial score (nSPS) is 15.8. The molecule has 6 heteroatoms. The molecule has 0 aliphatic carbocycles. The summed E-state index contributed by atoms with van der Waals surface area (Å²) in [5, 5.41) is 2.13. The molecule has 0 bridgehead atoms. The van der Waals surface area contributed by atoms with Crippen molar-refractivity contribution in [1.82, 2.24) is 4.90 Å². The molecule has 1 aliphatic rings. The van der Waals surface area contributed by atoms with E-state index in [0.717, 1.165) is 0 Å². The highest BCUT2D eigenvalue weighted by atomic mass is 16.7. The Hall–Kier alpha value is -1.46. The lowest BCUT2D eigenvalue weighted by molar-refractivity contribution is -0.131. The third-order valence-electron chi connectivity index (χ3n) is 1.60. The van der Waals surface area contributed by atoms with Crippen LogP contribution in [0.1, 0.15) is 6.92 Å². The van der Waals surface area contributed by atoms with Crippen LogP contribution in [0.2, 0.25) is 0 Å². The van der Waals surface area contributed by atoms with E-state index in [1.165, 1.54) is 4.90 Å². The zero-order valence-corrected chi connectivity index (χ0v) is 6.69. The Morgan fingerprint density at radius 2 is 2.58 bits per heavy atom. The summed E-state index contributed by atoms with van der Waals surface area (Å²) < 4.78 is 0. The summed E-state index contributed by atoms with van der Waals surface area (Å²) >= 11 is 0. The van der Waals surface area contributed by atoms with E-state index in [-0.39, 0.29) is 12.5 Å². The second-order valence-electron chi connectivity index (χ2n) is 2.32. The molecule has 1 amide bonds. The van der Waals surface area contributed by atoms with Crippen molar-refractivity contribution in [2.75, 3.05) is 19.7 Å². The first-order chi connectivity index (χ1) is 5.75. The minimum atomic E-state index is -0.309. The molecule has 12 heavy (non-hydrogen) atoms. The third-order valence-corrected chi connectivity index (χ3v) is 1.60. The van der Waals surface area contributed by atoms with Crippen molar-refractivity contribution >= 4 is 11.7 Å². The van der Waals surface area contributed by atoms with Crippen molar-refractivity contribution in [2.45, 2.75) is 6.92 Å². The standard InChI is InChI=1S/C6H9N3O3/c1-5-7-2-3-9(5)6(10)4-12-8-11/h2-4H2,1H3. The van der Waals surface area contributed by atoms with Crippen molar-refractivity contribution in [3.05, 3.63) is 4.91 Å². The van der Waals surface area contributed by atoms with Crippen LogP contribution in [-0.2, 0) is 9.63 Å². The molecule has 0 unspecified atom stereocenters. The second-order valence-corrected chi connectivity index (χ2v) is 2.32. The Morgan fingerprint density at radius 1 is 1.83 bits per heavy atom. The third kappa shape index (κ3) is 1.77. The lowest BCUT2D eigenvalue weighted by Crippen LogP contribution is -2.35. The Morgan fingerprint density at radius 3 is 3.08 bits per heavy atom. The number of amides is 1. The Balaban J connectivity index is 2.42. The van der Waals surface area contributed by atoms with Gasteiger partial charge in [0.1, 0.15) is 5.84 Å². The molecule has 0 radical (unpaired) electrons. The van der Waals surface area contributed by atoms with Gasteiger partial charge in [0.25, 0.3) is 5.91 Å². The minimum Gasteiger partial charge on any atom is -0.354 e. The molecule has 0 aromatic rings. The first-order valence-corrected chi connectivity index (χ1v) is 3.51. The van der Waals surface area contributed by atoms with Crippen molar-refractivity contribution < 1.29 is 9.63 Å². The zero-order valence-electron chi connectivity index (χ0n) is 6.69. The second kappa shape index (κ2) is 3.80. The fourth-order valence-electron chi connectivity index (χ4n) is 1.02. The van der Waals surface area contributed by atoms with Gasteiger partial charge in [-0.3, -0.25) is 14.7 Å². The fraction of sp³-hybridized carbons (Fsp3) is 0.667. The molecule has 1 rings (SSSR count). The van der Waals surface area contributed by atoms with E-state index in [0.29, 0.717) is 18.9 Å². The van der Waals surface area contributed by atoms with Gasteiger partial charge in [-0.05, 0) is 6.92 Å². The number of carbonyl (C=O) groups excluding carboxylic acids is 1. The van der Waals surface area contributed by atoms with E-state index in [2.05, 4.69) is 15.2 Å². The van der Waals surface area contributed by atoms with Crippen molar-refractivity contribution in [3.8, 4) is 0 Å². The van der Waals surface area contributed by atoms with Crippen LogP contribution in [0.15, 0.2) is 10.3 Å². The topological polar surface area (TPSA) is 71.3 Å². The molecule has 6 nitrogen and oxygen atoms in total. The van der Waals surface area contributed by atoms with Gasteiger partial charge in [-0.1, -0.05) is 0 Å². The van der Waals surface area contributed by atoms with Crippen LogP contribution < -0.4 is 0 Å². The number of rotatable bonds is 3. The van der Waals surface area contributed by atoms with Crippen LogP contribution in [-0.4, -0.2) is 36.3 Å². The summed E-state index contributed by atoms with van der Waals surface area (Å²) in [5.41, 5.74) is 0. The molecule has 66 valence electrons. The van der Waals surface area contributed by atoms with Crippen LogP contribution in [0, 0.1) is 4.91 Å². The molecule has 1 aliphatic heterocycles. The van der Waals surface area contributed by atoms with Crippen molar-refractivity contribution in [1.29, 1.82) is 0 Å². The fourth-order valence-corrected chi connectivity index (χ4v) is 1.02. The maximum atomic E-state index is 11.1. The van der Waals surface area contributed by atoms with Gasteiger partial charge in [0.2, 0.25) is 0 Å². The minimum absolute atomic E-state index is 0.284. The number of hydrogen-bond donors (Lipinski definition) is 0. The SMILES string of the molecule is CC1=NCCN1C(=O)CON=O. The number of carbonyl (C=O) groups is 1.